The van der Waals surface area contributed by atoms with Crippen molar-refractivity contribution in [2.75, 3.05) is 5.75 Å². The molecule has 1 aliphatic carbocycles. The Morgan fingerprint density at radius 3 is 2.43 bits per heavy atom. The van der Waals surface area contributed by atoms with Crippen LogP contribution in [0.4, 0.5) is 0 Å². The molecule has 2 unspecified atom stereocenters. The van der Waals surface area contributed by atoms with Gasteiger partial charge in [-0.1, -0.05) is 44.0 Å². The van der Waals surface area contributed by atoms with E-state index < -0.39 is 9.05 Å². The van der Waals surface area contributed by atoms with Gasteiger partial charge in [0.15, 0.2) is 11.6 Å². The third kappa shape index (κ3) is 4.88. The molecule has 0 saturated heterocycles. The minimum absolute atomic E-state index is 0.0167. The monoisotopic (exact) mass is 356 g/mol. The molecule has 1 aromatic rings. The lowest BCUT2D eigenvalue weighted by molar-refractivity contribution is 0.0774. The Kier molecular flexibility index (Phi) is 5.98. The van der Waals surface area contributed by atoms with Crippen LogP contribution in [-0.2, 0) is 9.05 Å². The number of unbranched alkanes of at least 4 members (excludes halogenated alkanes) is 2. The molecule has 0 amide bonds. The van der Waals surface area contributed by atoms with Crippen LogP contribution in [0.15, 0.2) is 24.3 Å². The first-order valence-corrected chi connectivity index (χ1v) is 10.4. The summed E-state index contributed by atoms with van der Waals surface area (Å²) in [5.41, 5.74) is 1.07. The number of hydrogen-bond acceptors (Lipinski definition) is 4. The van der Waals surface area contributed by atoms with Crippen LogP contribution >= 0.6 is 10.7 Å². The van der Waals surface area contributed by atoms with E-state index in [1.807, 2.05) is 6.92 Å². The molecule has 23 heavy (non-hydrogen) atoms. The Balaban J connectivity index is 1.90. The standard InChI is InChI=1S/C17H21ClO4S/c1-12(7-3-2-6-10-23(18,21)22)15-11-16(19)13-8-4-5-9-14(13)17(15)20/h4-5,8-9,12,15H,2-3,6-7,10-11H2,1H3. The summed E-state index contributed by atoms with van der Waals surface area (Å²) in [5.74, 6) is -0.0974. The van der Waals surface area contributed by atoms with E-state index in [1.54, 1.807) is 24.3 Å². The van der Waals surface area contributed by atoms with Gasteiger partial charge < -0.3 is 0 Å². The highest BCUT2D eigenvalue weighted by molar-refractivity contribution is 8.13. The molecular formula is C17H21ClO4S. The van der Waals surface area contributed by atoms with E-state index in [-0.39, 0.29) is 35.6 Å². The Morgan fingerprint density at radius 2 is 1.78 bits per heavy atom. The zero-order valence-corrected chi connectivity index (χ0v) is 14.7. The predicted octanol–water partition coefficient (Wildman–Crippen LogP) is 3.84. The lowest BCUT2D eigenvalue weighted by Crippen LogP contribution is -2.31. The molecule has 0 bridgehead atoms. The van der Waals surface area contributed by atoms with Crippen LogP contribution < -0.4 is 0 Å². The predicted molar refractivity (Wildman–Crippen MR) is 90.5 cm³/mol. The van der Waals surface area contributed by atoms with Crippen molar-refractivity contribution in [1.29, 1.82) is 0 Å². The number of Topliss-reactive ketones (excluding diaryl/α,β-unsaturated/α-hetero) is 2. The summed E-state index contributed by atoms with van der Waals surface area (Å²) in [5, 5.41) is 0. The van der Waals surface area contributed by atoms with Crippen molar-refractivity contribution < 1.29 is 18.0 Å². The number of fused-ring (bicyclic) bond motifs is 1. The van der Waals surface area contributed by atoms with Crippen molar-refractivity contribution in [2.24, 2.45) is 11.8 Å². The summed E-state index contributed by atoms with van der Waals surface area (Å²) in [6.07, 6.45) is 3.18. The topological polar surface area (TPSA) is 68.3 Å². The van der Waals surface area contributed by atoms with E-state index in [9.17, 15) is 18.0 Å². The Morgan fingerprint density at radius 1 is 1.13 bits per heavy atom. The zero-order chi connectivity index (χ0) is 17.0. The highest BCUT2D eigenvalue weighted by atomic mass is 35.7. The molecule has 0 radical (unpaired) electrons. The molecule has 2 rings (SSSR count). The molecule has 1 aliphatic rings. The number of rotatable bonds is 7. The lowest BCUT2D eigenvalue weighted by Gasteiger charge is -2.27. The maximum Gasteiger partial charge on any atom is 0.232 e. The van der Waals surface area contributed by atoms with Crippen LogP contribution in [0.1, 0.15) is 59.7 Å². The van der Waals surface area contributed by atoms with Crippen molar-refractivity contribution in [3.8, 4) is 0 Å². The van der Waals surface area contributed by atoms with E-state index in [0.717, 1.165) is 19.3 Å². The normalized spacial score (nSPS) is 19.5. The van der Waals surface area contributed by atoms with Gasteiger partial charge in [-0.2, -0.15) is 0 Å². The van der Waals surface area contributed by atoms with E-state index in [2.05, 4.69) is 0 Å². The zero-order valence-electron chi connectivity index (χ0n) is 13.1. The fourth-order valence-electron chi connectivity index (χ4n) is 3.12. The van der Waals surface area contributed by atoms with E-state index >= 15 is 0 Å². The van der Waals surface area contributed by atoms with E-state index in [0.29, 0.717) is 17.5 Å². The molecule has 0 spiro atoms. The van der Waals surface area contributed by atoms with Crippen molar-refractivity contribution in [2.45, 2.75) is 39.0 Å². The summed E-state index contributed by atoms with van der Waals surface area (Å²) in [7, 11) is 1.75. The Bertz CT molecular complexity index is 696. The van der Waals surface area contributed by atoms with Gasteiger partial charge in [-0.25, -0.2) is 8.42 Å². The van der Waals surface area contributed by atoms with Gasteiger partial charge in [0.1, 0.15) is 0 Å². The van der Waals surface area contributed by atoms with Gasteiger partial charge in [0.25, 0.3) is 0 Å². The van der Waals surface area contributed by atoms with Crippen molar-refractivity contribution in [3.05, 3.63) is 35.4 Å². The number of benzene rings is 1. The molecule has 6 heteroatoms. The molecule has 2 atom stereocenters. The molecule has 126 valence electrons. The maximum absolute atomic E-state index is 12.6. The largest absolute Gasteiger partial charge is 0.294 e. The molecule has 0 heterocycles. The number of ketones is 2. The number of carbonyl (C=O) groups is 2. The third-order valence-corrected chi connectivity index (χ3v) is 5.71. The summed E-state index contributed by atoms with van der Waals surface area (Å²) >= 11 is 0. The first-order valence-electron chi connectivity index (χ1n) is 7.88. The second-order valence-electron chi connectivity index (χ2n) is 6.21. The average Bonchev–Trinajstić information content (AvgIpc) is 2.49. The molecule has 0 N–H and O–H groups in total. The maximum atomic E-state index is 12.6. The van der Waals surface area contributed by atoms with Crippen LogP contribution in [0.5, 0.6) is 0 Å². The third-order valence-electron chi connectivity index (χ3n) is 4.47. The summed E-state index contributed by atoms with van der Waals surface area (Å²) in [4.78, 5) is 24.8. The summed E-state index contributed by atoms with van der Waals surface area (Å²) < 4.78 is 21.7. The second-order valence-corrected chi connectivity index (χ2v) is 9.11. The summed E-state index contributed by atoms with van der Waals surface area (Å²) in [6.45, 7) is 1.99. The summed E-state index contributed by atoms with van der Waals surface area (Å²) in [6, 6.07) is 6.99. The highest BCUT2D eigenvalue weighted by Crippen LogP contribution is 2.32. The first-order chi connectivity index (χ1) is 10.8. The minimum atomic E-state index is -3.42. The van der Waals surface area contributed by atoms with Crippen LogP contribution in [0, 0.1) is 11.8 Å². The lowest BCUT2D eigenvalue weighted by atomic mass is 9.74. The number of halogens is 1. The van der Waals surface area contributed by atoms with Crippen LogP contribution in [0.25, 0.3) is 0 Å². The van der Waals surface area contributed by atoms with Gasteiger partial charge in [0.05, 0.1) is 5.75 Å². The average molecular weight is 357 g/mol. The van der Waals surface area contributed by atoms with Crippen LogP contribution in [-0.4, -0.2) is 25.7 Å². The first kappa shape index (κ1) is 18.1. The van der Waals surface area contributed by atoms with Gasteiger partial charge in [-0.05, 0) is 18.8 Å². The van der Waals surface area contributed by atoms with Crippen LogP contribution in [0.2, 0.25) is 0 Å². The van der Waals surface area contributed by atoms with Crippen LogP contribution in [0.3, 0.4) is 0 Å². The van der Waals surface area contributed by atoms with Gasteiger partial charge in [-0.3, -0.25) is 9.59 Å². The molecule has 0 aromatic heterocycles. The Labute approximate surface area is 141 Å². The smallest absolute Gasteiger partial charge is 0.232 e. The van der Waals surface area contributed by atoms with Crippen molar-refractivity contribution >= 4 is 31.3 Å². The number of carbonyl (C=O) groups excluding carboxylic acids is 2. The molecule has 0 fully saturated rings. The van der Waals surface area contributed by atoms with E-state index in [1.165, 1.54) is 0 Å². The van der Waals surface area contributed by atoms with Gasteiger partial charge >= 0.3 is 0 Å². The SMILES string of the molecule is CC(CCCCCS(=O)(=O)Cl)C1CC(=O)c2ccccc2C1=O. The fourth-order valence-corrected chi connectivity index (χ4v) is 4.00. The van der Waals surface area contributed by atoms with Crippen molar-refractivity contribution in [3.63, 3.8) is 0 Å². The van der Waals surface area contributed by atoms with Gasteiger partial charge in [0.2, 0.25) is 9.05 Å². The van der Waals surface area contributed by atoms with Gasteiger partial charge in [0, 0.05) is 34.1 Å². The minimum Gasteiger partial charge on any atom is -0.294 e. The molecular weight excluding hydrogens is 336 g/mol. The fraction of sp³-hybridized carbons (Fsp3) is 0.529. The van der Waals surface area contributed by atoms with E-state index in [4.69, 9.17) is 10.7 Å². The quantitative estimate of drug-likeness (QED) is 0.550. The van der Waals surface area contributed by atoms with Gasteiger partial charge in [-0.15, -0.1) is 0 Å². The second kappa shape index (κ2) is 7.58. The number of hydrogen-bond donors (Lipinski definition) is 0. The van der Waals surface area contributed by atoms with Crippen molar-refractivity contribution in [1.82, 2.24) is 0 Å². The highest BCUT2D eigenvalue weighted by Gasteiger charge is 2.35. The molecule has 0 saturated carbocycles. The molecule has 4 nitrogen and oxygen atoms in total. The Hall–Kier alpha value is -1.20. The molecule has 1 aromatic carbocycles. The molecule has 0 aliphatic heterocycles.